The average molecular weight is 927 g/mol. The van der Waals surface area contributed by atoms with Gasteiger partial charge in [-0.05, 0) is 85.1 Å². The first-order chi connectivity index (χ1) is 30.8. The van der Waals surface area contributed by atoms with Crippen LogP contribution in [0, 0.1) is 0 Å². The maximum absolute atomic E-state index is 13.2. The molecule has 15 heteroatoms. The molecule has 3 aromatic carbocycles. The molecule has 0 aliphatic carbocycles. The fraction of sp³-hybridized carbons (Fsp3) is 0.354. The highest BCUT2D eigenvalue weighted by molar-refractivity contribution is 8.26. The van der Waals surface area contributed by atoms with Crippen molar-refractivity contribution in [2.75, 3.05) is 51.1 Å². The van der Waals surface area contributed by atoms with Crippen LogP contribution in [0.15, 0.2) is 77.7 Å². The zero-order valence-corrected chi connectivity index (χ0v) is 38.6. The van der Waals surface area contributed by atoms with E-state index in [2.05, 4.69) is 67.3 Å². The molecule has 3 aliphatic heterocycles. The maximum atomic E-state index is 13.2. The molecule has 8 rings (SSSR count). The van der Waals surface area contributed by atoms with E-state index in [1.54, 1.807) is 17.4 Å². The quantitative estimate of drug-likeness (QED) is 0.0455. The van der Waals surface area contributed by atoms with Crippen LogP contribution in [0.2, 0.25) is 0 Å². The number of hydrogen-bond donors (Lipinski definition) is 1. The smallest absolute Gasteiger partial charge is 0.323 e. The standard InChI is InChI=1S/C48H50N2O9S4/c1-3-5-7-9-23-54-35-19-15-33(16-20-35)50(34-17-21-36(22-18-34)55-24-10-8-6-4-2)32-13-11-31(12-14-32)44-42-43(59-28-27-58-42)46(63-44)45-41-40(56-25-26-57-41)37(61-45)29-38-47(53)49(30-39(51)52)48(60)62-38/h11-22,29H,3-10,23-28,30H2,1-2H3,(H,51,52)/b38-29-. The molecule has 0 bridgehead atoms. The molecule has 0 saturated carbocycles. The minimum Gasteiger partial charge on any atom is -0.494 e. The normalized spacial score (nSPS) is 15.0. The lowest BCUT2D eigenvalue weighted by Crippen LogP contribution is -2.33. The minimum absolute atomic E-state index is 0.195. The van der Waals surface area contributed by atoms with Crippen LogP contribution in [-0.4, -0.2) is 72.4 Å². The molecule has 63 heavy (non-hydrogen) atoms. The first kappa shape index (κ1) is 44.4. The number of carbonyl (C=O) groups is 2. The van der Waals surface area contributed by atoms with E-state index >= 15 is 0 Å². The largest absolute Gasteiger partial charge is 0.494 e. The molecule has 5 heterocycles. The molecule has 0 atom stereocenters. The zero-order valence-electron chi connectivity index (χ0n) is 35.4. The number of thiocarbonyl (C=S) groups is 1. The lowest BCUT2D eigenvalue weighted by molar-refractivity contribution is -0.140. The van der Waals surface area contributed by atoms with Gasteiger partial charge in [-0.25, -0.2) is 0 Å². The highest BCUT2D eigenvalue weighted by atomic mass is 32.2. The lowest BCUT2D eigenvalue weighted by atomic mass is 10.1. The van der Waals surface area contributed by atoms with E-state index in [0.29, 0.717) is 72.4 Å². The molecule has 1 amide bonds. The predicted molar refractivity (Wildman–Crippen MR) is 257 cm³/mol. The van der Waals surface area contributed by atoms with Crippen molar-refractivity contribution in [2.24, 2.45) is 0 Å². The van der Waals surface area contributed by atoms with Crippen LogP contribution in [0.25, 0.3) is 26.3 Å². The van der Waals surface area contributed by atoms with Crippen LogP contribution < -0.4 is 33.3 Å². The summed E-state index contributed by atoms with van der Waals surface area (Å²) in [6.07, 6.45) is 10.9. The molecule has 3 aliphatic rings. The summed E-state index contributed by atoms with van der Waals surface area (Å²) in [5.41, 5.74) is 3.91. The molecule has 11 nitrogen and oxygen atoms in total. The molecule has 1 fully saturated rings. The van der Waals surface area contributed by atoms with Gasteiger partial charge in [0.1, 0.15) is 48.8 Å². The van der Waals surface area contributed by atoms with Crippen LogP contribution >= 0.6 is 46.7 Å². The Morgan fingerprint density at radius 3 is 1.68 bits per heavy atom. The molecule has 1 saturated heterocycles. The summed E-state index contributed by atoms with van der Waals surface area (Å²) in [5, 5.41) is 9.33. The van der Waals surface area contributed by atoms with Gasteiger partial charge in [0.05, 0.1) is 37.6 Å². The van der Waals surface area contributed by atoms with E-state index in [-0.39, 0.29) is 4.32 Å². The van der Waals surface area contributed by atoms with Crippen molar-refractivity contribution in [1.29, 1.82) is 0 Å². The van der Waals surface area contributed by atoms with Gasteiger partial charge in [-0.3, -0.25) is 14.5 Å². The molecular formula is C48H50N2O9S4. The van der Waals surface area contributed by atoms with E-state index < -0.39 is 18.4 Å². The molecule has 0 radical (unpaired) electrons. The topological polar surface area (TPSA) is 116 Å². The van der Waals surface area contributed by atoms with Crippen LogP contribution in [-0.2, 0) is 9.59 Å². The van der Waals surface area contributed by atoms with E-state index in [0.717, 1.165) is 78.3 Å². The number of nitrogens with zero attached hydrogens (tertiary/aromatic N) is 2. The Hall–Kier alpha value is -5.22. The second-order valence-electron chi connectivity index (χ2n) is 15.1. The second kappa shape index (κ2) is 21.0. The number of thiophene rings is 2. The number of aliphatic carboxylic acids is 1. The fourth-order valence-electron chi connectivity index (χ4n) is 7.43. The Balaban J connectivity index is 1.09. The number of thioether (sulfide) groups is 1. The van der Waals surface area contributed by atoms with E-state index in [9.17, 15) is 14.7 Å². The fourth-order valence-corrected chi connectivity index (χ4v) is 11.2. The van der Waals surface area contributed by atoms with Gasteiger partial charge in [-0.1, -0.05) is 88.5 Å². The Labute approximate surface area is 385 Å². The van der Waals surface area contributed by atoms with Gasteiger partial charge in [0.15, 0.2) is 23.0 Å². The number of hydrogen-bond acceptors (Lipinski definition) is 13. The van der Waals surface area contributed by atoms with Gasteiger partial charge in [0.25, 0.3) is 5.91 Å². The summed E-state index contributed by atoms with van der Waals surface area (Å²) >= 11 is 9.37. The van der Waals surface area contributed by atoms with Crippen molar-refractivity contribution in [3.63, 3.8) is 0 Å². The maximum Gasteiger partial charge on any atom is 0.323 e. The van der Waals surface area contributed by atoms with Gasteiger partial charge >= 0.3 is 5.97 Å². The highest BCUT2D eigenvalue weighted by Crippen LogP contribution is 2.60. The van der Waals surface area contributed by atoms with Gasteiger partial charge in [-0.15, -0.1) is 22.7 Å². The first-order valence-corrected chi connectivity index (χ1v) is 24.4. The summed E-state index contributed by atoms with van der Waals surface area (Å²) in [6.45, 7) is 6.82. The van der Waals surface area contributed by atoms with Crippen LogP contribution in [0.3, 0.4) is 0 Å². The van der Waals surface area contributed by atoms with E-state index in [1.165, 1.54) is 49.9 Å². The number of carboxylic acids is 1. The van der Waals surface area contributed by atoms with Crippen LogP contribution in [0.5, 0.6) is 34.5 Å². The number of anilines is 3. The molecule has 0 unspecified atom stereocenters. The van der Waals surface area contributed by atoms with Crippen molar-refractivity contribution >= 4 is 86.0 Å². The number of amides is 1. The number of carboxylic acid groups (broad SMARTS) is 1. The molecule has 1 N–H and O–H groups in total. The van der Waals surface area contributed by atoms with Gasteiger partial charge < -0.3 is 38.4 Å². The van der Waals surface area contributed by atoms with Crippen molar-refractivity contribution < 1.29 is 43.1 Å². The van der Waals surface area contributed by atoms with Crippen molar-refractivity contribution in [3.8, 4) is 54.7 Å². The van der Waals surface area contributed by atoms with E-state index in [4.69, 9.17) is 40.6 Å². The summed E-state index contributed by atoms with van der Waals surface area (Å²) in [5.74, 6) is 2.48. The number of fused-ring (bicyclic) bond motifs is 2. The van der Waals surface area contributed by atoms with Gasteiger partial charge in [0, 0.05) is 17.1 Å². The third-order valence-corrected chi connectivity index (χ3v) is 14.4. The number of benzene rings is 3. The molecular weight excluding hydrogens is 877 g/mol. The van der Waals surface area contributed by atoms with E-state index in [1.807, 2.05) is 24.3 Å². The third kappa shape index (κ3) is 10.3. The Morgan fingerprint density at radius 2 is 1.16 bits per heavy atom. The van der Waals surface area contributed by atoms with Crippen molar-refractivity contribution in [2.45, 2.75) is 65.2 Å². The summed E-state index contributed by atoms with van der Waals surface area (Å²) in [4.78, 5) is 31.4. The lowest BCUT2D eigenvalue weighted by Gasteiger charge is -2.26. The highest BCUT2D eigenvalue weighted by Gasteiger charge is 2.36. The van der Waals surface area contributed by atoms with Crippen molar-refractivity contribution in [1.82, 2.24) is 4.90 Å². The summed E-state index contributed by atoms with van der Waals surface area (Å²) in [6, 6.07) is 25.0. The predicted octanol–water partition coefficient (Wildman–Crippen LogP) is 12.4. The first-order valence-electron chi connectivity index (χ1n) is 21.5. The average Bonchev–Trinajstić information content (AvgIpc) is 3.95. The monoisotopic (exact) mass is 926 g/mol. The molecule has 330 valence electrons. The second-order valence-corrected chi connectivity index (χ2v) is 18.9. The Bertz CT molecular complexity index is 2370. The Morgan fingerprint density at radius 1 is 0.683 bits per heavy atom. The number of unbranched alkanes of at least 4 members (excludes halogenated alkanes) is 6. The molecule has 0 spiro atoms. The summed E-state index contributed by atoms with van der Waals surface area (Å²) < 4.78 is 37.4. The number of rotatable bonds is 20. The third-order valence-electron chi connectivity index (χ3n) is 10.6. The van der Waals surface area contributed by atoms with Crippen molar-refractivity contribution in [3.05, 3.63) is 82.6 Å². The SMILES string of the molecule is CCCCCCOc1ccc(N(c2ccc(OCCCCCC)cc2)c2ccc(-c3sc(-c4sc(/C=C5\SC(=S)N(CC(=O)O)C5=O)c5c4OCCO5)c4c3OCCO4)cc2)cc1. The molecule has 2 aromatic heterocycles. The molecule has 5 aromatic rings. The number of ether oxygens (including phenoxy) is 6. The zero-order chi connectivity index (χ0) is 43.7. The van der Waals surface area contributed by atoms with Gasteiger partial charge in [-0.2, -0.15) is 0 Å². The Kier molecular flexibility index (Phi) is 14.8. The summed E-state index contributed by atoms with van der Waals surface area (Å²) in [7, 11) is 0. The minimum atomic E-state index is -1.14. The van der Waals surface area contributed by atoms with Crippen LogP contribution in [0.4, 0.5) is 17.1 Å². The van der Waals surface area contributed by atoms with Crippen LogP contribution in [0.1, 0.15) is 70.1 Å². The van der Waals surface area contributed by atoms with Gasteiger partial charge in [0.2, 0.25) is 0 Å². The number of carbonyl (C=O) groups excluding carboxylic acids is 1.